The number of para-hydroxylation sites is 1. The van der Waals surface area contributed by atoms with Crippen molar-refractivity contribution in [3.63, 3.8) is 0 Å². The van der Waals surface area contributed by atoms with Gasteiger partial charge in [-0.25, -0.2) is 9.48 Å². The van der Waals surface area contributed by atoms with Gasteiger partial charge in [0.15, 0.2) is 11.4 Å². The third-order valence-electron chi connectivity index (χ3n) is 3.39. The summed E-state index contributed by atoms with van der Waals surface area (Å²) in [5.74, 6) is -1.28. The molecule has 24 heavy (non-hydrogen) atoms. The zero-order valence-electron chi connectivity index (χ0n) is 12.8. The summed E-state index contributed by atoms with van der Waals surface area (Å²) < 4.78 is 1.13. The fourth-order valence-corrected chi connectivity index (χ4v) is 2.15. The van der Waals surface area contributed by atoms with Crippen LogP contribution in [0.2, 0.25) is 0 Å². The van der Waals surface area contributed by atoms with E-state index in [1.807, 2.05) is 19.1 Å². The molecule has 0 bridgehead atoms. The molecule has 1 heterocycles. The molecule has 0 atom stereocenters. The third-order valence-corrected chi connectivity index (χ3v) is 3.39. The Morgan fingerprint density at radius 2 is 1.71 bits per heavy atom. The first-order valence-corrected chi connectivity index (χ1v) is 7.18. The minimum absolute atomic E-state index is 0.244. The zero-order chi connectivity index (χ0) is 17.1. The van der Waals surface area contributed by atoms with Gasteiger partial charge in [0.1, 0.15) is 0 Å². The average molecular weight is 322 g/mol. The van der Waals surface area contributed by atoms with E-state index in [2.05, 4.69) is 15.3 Å². The molecule has 7 heteroatoms. The molecule has 0 radical (unpaired) electrons. The van der Waals surface area contributed by atoms with Crippen molar-refractivity contribution in [1.29, 1.82) is 0 Å². The molecule has 2 N–H and O–H groups in total. The van der Waals surface area contributed by atoms with Gasteiger partial charge in [-0.3, -0.25) is 9.89 Å². The van der Waals surface area contributed by atoms with Crippen molar-refractivity contribution < 1.29 is 9.90 Å². The van der Waals surface area contributed by atoms with E-state index in [1.165, 1.54) is 0 Å². The molecular formula is C17H14N4O3. The maximum atomic E-state index is 12.5. The predicted molar refractivity (Wildman–Crippen MR) is 88.7 cm³/mol. The van der Waals surface area contributed by atoms with Gasteiger partial charge >= 0.3 is 5.97 Å². The summed E-state index contributed by atoms with van der Waals surface area (Å²) in [6, 6.07) is 15.8. The normalized spacial score (nSPS) is 11.0. The van der Waals surface area contributed by atoms with Crippen LogP contribution in [-0.2, 0) is 0 Å². The summed E-state index contributed by atoms with van der Waals surface area (Å²) in [6.07, 6.45) is 0. The lowest BCUT2D eigenvalue weighted by molar-refractivity contribution is 0.0691. The van der Waals surface area contributed by atoms with Gasteiger partial charge in [-0.15, -0.1) is 5.11 Å². The Labute approximate surface area is 136 Å². The lowest BCUT2D eigenvalue weighted by Gasteiger charge is -1.99. The molecule has 1 aromatic heterocycles. The number of hydrogen-bond acceptors (Lipinski definition) is 4. The van der Waals surface area contributed by atoms with E-state index in [1.54, 1.807) is 42.5 Å². The summed E-state index contributed by atoms with van der Waals surface area (Å²) in [7, 11) is 0. The number of carboxylic acid groups (broad SMARTS) is 1. The van der Waals surface area contributed by atoms with E-state index in [0.29, 0.717) is 11.4 Å². The first-order valence-electron chi connectivity index (χ1n) is 7.18. The number of hydrogen-bond donors (Lipinski definition) is 2. The smallest absolute Gasteiger partial charge is 0.356 e. The number of nitrogens with zero attached hydrogens (tertiary/aromatic N) is 3. The quantitative estimate of drug-likeness (QED) is 0.718. The third kappa shape index (κ3) is 3.00. The van der Waals surface area contributed by atoms with Gasteiger partial charge in [0.05, 0.1) is 11.4 Å². The van der Waals surface area contributed by atoms with Crippen LogP contribution in [0.3, 0.4) is 0 Å². The maximum absolute atomic E-state index is 12.5. The minimum atomic E-state index is -1.28. The molecule has 0 aliphatic carbocycles. The average Bonchev–Trinajstić information content (AvgIpc) is 2.92. The molecule has 0 saturated heterocycles. The highest BCUT2D eigenvalue weighted by Gasteiger charge is 2.20. The molecule has 0 aliphatic heterocycles. The number of aromatic amines is 1. The van der Waals surface area contributed by atoms with E-state index in [9.17, 15) is 14.7 Å². The first kappa shape index (κ1) is 15.4. The summed E-state index contributed by atoms with van der Waals surface area (Å²) in [5.41, 5.74) is 0.986. The molecule has 0 spiro atoms. The van der Waals surface area contributed by atoms with E-state index in [-0.39, 0.29) is 11.4 Å². The highest BCUT2D eigenvalue weighted by molar-refractivity contribution is 5.90. The van der Waals surface area contributed by atoms with Crippen LogP contribution in [0.4, 0.5) is 11.4 Å². The number of rotatable bonds is 4. The van der Waals surface area contributed by atoms with E-state index < -0.39 is 11.5 Å². The second kappa shape index (κ2) is 6.33. The maximum Gasteiger partial charge on any atom is 0.356 e. The molecule has 0 saturated carbocycles. The lowest BCUT2D eigenvalue weighted by atomic mass is 10.2. The molecule has 120 valence electrons. The molecule has 0 unspecified atom stereocenters. The summed E-state index contributed by atoms with van der Waals surface area (Å²) >= 11 is 0. The first-order chi connectivity index (χ1) is 11.6. The van der Waals surface area contributed by atoms with Gasteiger partial charge in [0.2, 0.25) is 0 Å². The van der Waals surface area contributed by atoms with Crippen molar-refractivity contribution in [3.8, 4) is 5.69 Å². The minimum Gasteiger partial charge on any atom is -0.476 e. The highest BCUT2D eigenvalue weighted by atomic mass is 16.4. The van der Waals surface area contributed by atoms with Gasteiger partial charge in [0.25, 0.3) is 5.56 Å². The molecule has 0 fully saturated rings. The van der Waals surface area contributed by atoms with Crippen molar-refractivity contribution in [1.82, 2.24) is 9.78 Å². The van der Waals surface area contributed by atoms with Crippen LogP contribution in [0.25, 0.3) is 5.69 Å². The van der Waals surface area contributed by atoms with Gasteiger partial charge in [-0.1, -0.05) is 35.9 Å². The van der Waals surface area contributed by atoms with Crippen LogP contribution in [0.1, 0.15) is 16.1 Å². The second-order valence-corrected chi connectivity index (χ2v) is 5.15. The number of carbonyl (C=O) groups is 1. The van der Waals surface area contributed by atoms with E-state index in [4.69, 9.17) is 0 Å². The summed E-state index contributed by atoms with van der Waals surface area (Å²) in [4.78, 5) is 23.9. The van der Waals surface area contributed by atoms with Crippen LogP contribution in [-0.4, -0.2) is 20.9 Å². The Bertz CT molecular complexity index is 954. The van der Waals surface area contributed by atoms with Crippen molar-refractivity contribution in [3.05, 3.63) is 76.2 Å². The number of H-pyrrole nitrogens is 1. The van der Waals surface area contributed by atoms with E-state index in [0.717, 1.165) is 10.2 Å². The number of aromatic nitrogens is 2. The second-order valence-electron chi connectivity index (χ2n) is 5.15. The Morgan fingerprint density at radius 1 is 1.04 bits per heavy atom. The molecule has 0 aliphatic rings. The number of azo groups is 1. The van der Waals surface area contributed by atoms with Crippen LogP contribution in [0, 0.1) is 6.92 Å². The monoisotopic (exact) mass is 322 g/mol. The standard InChI is InChI=1S/C17H14N4O3/c1-11-7-9-12(10-8-11)18-19-14-15(17(23)24)20-21(16(14)22)13-5-3-2-4-6-13/h2-10,20H,1H3,(H,23,24). The van der Waals surface area contributed by atoms with Gasteiger partial charge in [0, 0.05) is 0 Å². The highest BCUT2D eigenvalue weighted by Crippen LogP contribution is 2.19. The summed E-state index contributed by atoms with van der Waals surface area (Å²) in [6.45, 7) is 1.94. The number of carboxylic acids is 1. The number of benzene rings is 2. The number of aromatic carboxylic acids is 1. The van der Waals surface area contributed by atoms with Crippen molar-refractivity contribution in [2.45, 2.75) is 6.92 Å². The van der Waals surface area contributed by atoms with Gasteiger partial charge in [-0.2, -0.15) is 5.11 Å². The van der Waals surface area contributed by atoms with Crippen LogP contribution >= 0.6 is 0 Å². The molecule has 7 nitrogen and oxygen atoms in total. The lowest BCUT2D eigenvalue weighted by Crippen LogP contribution is -2.13. The van der Waals surface area contributed by atoms with E-state index >= 15 is 0 Å². The number of aryl methyl sites for hydroxylation is 1. The number of nitrogens with one attached hydrogen (secondary N) is 1. The molecule has 3 aromatic rings. The van der Waals surface area contributed by atoms with Crippen LogP contribution < -0.4 is 5.56 Å². The molecule has 3 rings (SSSR count). The fourth-order valence-electron chi connectivity index (χ4n) is 2.15. The Hall–Kier alpha value is -3.48. The summed E-state index contributed by atoms with van der Waals surface area (Å²) in [5, 5.41) is 19.7. The molecule has 0 amide bonds. The van der Waals surface area contributed by atoms with Crippen molar-refractivity contribution >= 4 is 17.3 Å². The fraction of sp³-hybridized carbons (Fsp3) is 0.0588. The van der Waals surface area contributed by atoms with Crippen LogP contribution in [0.15, 0.2) is 69.6 Å². The van der Waals surface area contributed by atoms with Crippen molar-refractivity contribution in [2.75, 3.05) is 0 Å². The largest absolute Gasteiger partial charge is 0.476 e. The van der Waals surface area contributed by atoms with Crippen LogP contribution in [0.5, 0.6) is 0 Å². The Balaban J connectivity index is 2.07. The topological polar surface area (TPSA) is 99.8 Å². The zero-order valence-corrected chi connectivity index (χ0v) is 12.8. The molecular weight excluding hydrogens is 308 g/mol. The van der Waals surface area contributed by atoms with Gasteiger partial charge in [-0.05, 0) is 31.2 Å². The predicted octanol–water partition coefficient (Wildman–Crippen LogP) is 3.59. The molecule has 2 aromatic carbocycles. The Morgan fingerprint density at radius 3 is 2.33 bits per heavy atom. The van der Waals surface area contributed by atoms with Crippen molar-refractivity contribution in [2.24, 2.45) is 10.2 Å². The Kier molecular flexibility index (Phi) is 4.07. The van der Waals surface area contributed by atoms with Gasteiger partial charge < -0.3 is 5.11 Å². The SMILES string of the molecule is Cc1ccc(N=Nc2c(C(=O)O)[nH]n(-c3ccccc3)c2=O)cc1.